The first kappa shape index (κ1) is 16.0. The third-order valence-corrected chi connectivity index (χ3v) is 3.16. The second kappa shape index (κ2) is 7.53. The van der Waals surface area contributed by atoms with E-state index in [1.54, 1.807) is 0 Å². The summed E-state index contributed by atoms with van der Waals surface area (Å²) in [5.74, 6) is 0. The van der Waals surface area contributed by atoms with Gasteiger partial charge in [0, 0.05) is 12.6 Å². The molecule has 0 radical (unpaired) electrons. The summed E-state index contributed by atoms with van der Waals surface area (Å²) in [6.07, 6.45) is -1.48. The minimum atomic E-state index is -4.09. The zero-order valence-corrected chi connectivity index (χ0v) is 11.6. The number of hydrogen-bond donors (Lipinski definition) is 1. The highest BCUT2D eigenvalue weighted by molar-refractivity contribution is 5.24. The molecule has 0 bridgehead atoms. The van der Waals surface area contributed by atoms with Crippen LogP contribution in [0.1, 0.15) is 50.3 Å². The van der Waals surface area contributed by atoms with Crippen molar-refractivity contribution in [3.05, 3.63) is 35.4 Å². The number of alkyl halides is 3. The van der Waals surface area contributed by atoms with Crippen LogP contribution in [-0.2, 0) is 6.42 Å². The predicted molar refractivity (Wildman–Crippen MR) is 72.1 cm³/mol. The Bertz CT molecular complexity index is 357. The van der Waals surface area contributed by atoms with Crippen LogP contribution in [0.5, 0.6) is 0 Å². The van der Waals surface area contributed by atoms with Crippen LogP contribution in [0.4, 0.5) is 13.2 Å². The molecule has 0 fully saturated rings. The Balaban J connectivity index is 2.42. The summed E-state index contributed by atoms with van der Waals surface area (Å²) in [7, 11) is 0. The molecule has 1 N–H and O–H groups in total. The lowest BCUT2D eigenvalue weighted by molar-refractivity contribution is -0.133. The topological polar surface area (TPSA) is 12.0 Å². The first-order chi connectivity index (χ1) is 8.92. The number of halogens is 3. The van der Waals surface area contributed by atoms with Gasteiger partial charge in [-0.1, -0.05) is 37.6 Å². The summed E-state index contributed by atoms with van der Waals surface area (Å²) in [4.78, 5) is 0. The smallest absolute Gasteiger partial charge is 0.310 e. The van der Waals surface area contributed by atoms with Crippen molar-refractivity contribution in [1.29, 1.82) is 0 Å². The lowest BCUT2D eigenvalue weighted by Gasteiger charge is -2.15. The SMILES string of the molecule is CCCCc1ccc(C(C)NCCC(F)(F)F)cc1. The van der Waals surface area contributed by atoms with Gasteiger partial charge in [-0.2, -0.15) is 13.2 Å². The first-order valence-electron chi connectivity index (χ1n) is 6.81. The van der Waals surface area contributed by atoms with E-state index >= 15 is 0 Å². The van der Waals surface area contributed by atoms with E-state index in [-0.39, 0.29) is 12.6 Å². The fraction of sp³-hybridized carbons (Fsp3) is 0.600. The fourth-order valence-corrected chi connectivity index (χ4v) is 1.90. The van der Waals surface area contributed by atoms with Crippen LogP contribution in [0, 0.1) is 0 Å². The van der Waals surface area contributed by atoms with Crippen molar-refractivity contribution in [2.45, 2.75) is 51.7 Å². The number of hydrogen-bond acceptors (Lipinski definition) is 1. The van der Waals surface area contributed by atoms with Crippen LogP contribution in [0.15, 0.2) is 24.3 Å². The third-order valence-electron chi connectivity index (χ3n) is 3.16. The van der Waals surface area contributed by atoms with Gasteiger partial charge in [0.25, 0.3) is 0 Å². The Morgan fingerprint density at radius 2 is 1.79 bits per heavy atom. The van der Waals surface area contributed by atoms with E-state index in [0.717, 1.165) is 18.4 Å². The molecule has 1 unspecified atom stereocenters. The van der Waals surface area contributed by atoms with Crippen molar-refractivity contribution in [2.24, 2.45) is 0 Å². The minimum Gasteiger partial charge on any atom is -0.310 e. The van der Waals surface area contributed by atoms with E-state index in [1.807, 2.05) is 19.1 Å². The molecule has 0 saturated carbocycles. The van der Waals surface area contributed by atoms with Gasteiger partial charge in [-0.3, -0.25) is 0 Å². The van der Waals surface area contributed by atoms with E-state index in [1.165, 1.54) is 12.0 Å². The molecule has 0 aliphatic carbocycles. The van der Waals surface area contributed by atoms with Crippen LogP contribution < -0.4 is 5.32 Å². The normalized spacial score (nSPS) is 13.5. The number of rotatable bonds is 7. The van der Waals surface area contributed by atoms with Gasteiger partial charge in [0.05, 0.1) is 6.42 Å². The molecule has 0 aliphatic heterocycles. The zero-order valence-electron chi connectivity index (χ0n) is 11.6. The van der Waals surface area contributed by atoms with Crippen molar-refractivity contribution in [3.8, 4) is 0 Å². The average molecular weight is 273 g/mol. The van der Waals surface area contributed by atoms with Gasteiger partial charge < -0.3 is 5.32 Å². The average Bonchev–Trinajstić information content (AvgIpc) is 2.35. The summed E-state index contributed by atoms with van der Waals surface area (Å²) in [5.41, 5.74) is 2.32. The molecule has 108 valence electrons. The second-order valence-corrected chi connectivity index (χ2v) is 4.89. The molecule has 0 amide bonds. The summed E-state index contributed by atoms with van der Waals surface area (Å²) in [5, 5.41) is 2.90. The van der Waals surface area contributed by atoms with Crippen molar-refractivity contribution in [2.75, 3.05) is 6.54 Å². The van der Waals surface area contributed by atoms with Gasteiger partial charge >= 0.3 is 6.18 Å². The molecule has 1 nitrogen and oxygen atoms in total. The maximum Gasteiger partial charge on any atom is 0.390 e. The molecule has 0 spiro atoms. The lowest BCUT2D eigenvalue weighted by atomic mass is 10.0. The Labute approximate surface area is 113 Å². The number of unbranched alkanes of at least 4 members (excludes halogenated alkanes) is 1. The van der Waals surface area contributed by atoms with Crippen molar-refractivity contribution < 1.29 is 13.2 Å². The van der Waals surface area contributed by atoms with Crippen LogP contribution in [0.3, 0.4) is 0 Å². The third kappa shape index (κ3) is 6.62. The highest BCUT2D eigenvalue weighted by atomic mass is 19.4. The van der Waals surface area contributed by atoms with Gasteiger partial charge in [0.1, 0.15) is 0 Å². The monoisotopic (exact) mass is 273 g/mol. The molecule has 1 aromatic rings. The van der Waals surface area contributed by atoms with Crippen molar-refractivity contribution >= 4 is 0 Å². The van der Waals surface area contributed by atoms with Gasteiger partial charge in [0.15, 0.2) is 0 Å². The highest BCUT2D eigenvalue weighted by Crippen LogP contribution is 2.20. The first-order valence-corrected chi connectivity index (χ1v) is 6.81. The van der Waals surface area contributed by atoms with Crippen LogP contribution in [-0.4, -0.2) is 12.7 Å². The van der Waals surface area contributed by atoms with Crippen LogP contribution in [0.2, 0.25) is 0 Å². The molecule has 0 aliphatic rings. The van der Waals surface area contributed by atoms with Crippen LogP contribution >= 0.6 is 0 Å². The fourth-order valence-electron chi connectivity index (χ4n) is 1.90. The maximum atomic E-state index is 12.0. The lowest BCUT2D eigenvalue weighted by Crippen LogP contribution is -2.24. The van der Waals surface area contributed by atoms with Gasteiger partial charge in [0.2, 0.25) is 0 Å². The van der Waals surface area contributed by atoms with Gasteiger partial charge in [-0.05, 0) is 30.9 Å². The van der Waals surface area contributed by atoms with E-state index in [0.29, 0.717) is 0 Å². The molecule has 0 aromatic heterocycles. The zero-order chi connectivity index (χ0) is 14.3. The van der Waals surface area contributed by atoms with Gasteiger partial charge in [-0.25, -0.2) is 0 Å². The molecule has 1 rings (SSSR count). The maximum absolute atomic E-state index is 12.0. The quantitative estimate of drug-likeness (QED) is 0.763. The molecule has 1 atom stereocenters. The summed E-state index contributed by atoms with van der Waals surface area (Å²) < 4.78 is 36.1. The van der Waals surface area contributed by atoms with Crippen molar-refractivity contribution in [1.82, 2.24) is 5.32 Å². The van der Waals surface area contributed by atoms with E-state index in [4.69, 9.17) is 0 Å². The molecule has 4 heteroatoms. The van der Waals surface area contributed by atoms with E-state index in [9.17, 15) is 13.2 Å². The molecule has 19 heavy (non-hydrogen) atoms. The standard InChI is InChI=1S/C15H22F3N/c1-3-4-5-13-6-8-14(9-7-13)12(2)19-11-10-15(16,17)18/h6-9,12,19H,3-5,10-11H2,1-2H3. The Morgan fingerprint density at radius 3 is 2.32 bits per heavy atom. The Morgan fingerprint density at radius 1 is 1.16 bits per heavy atom. The van der Waals surface area contributed by atoms with Gasteiger partial charge in [-0.15, -0.1) is 0 Å². The van der Waals surface area contributed by atoms with Crippen molar-refractivity contribution in [3.63, 3.8) is 0 Å². The number of benzene rings is 1. The number of aryl methyl sites for hydroxylation is 1. The molecule has 1 aromatic carbocycles. The van der Waals surface area contributed by atoms with E-state index in [2.05, 4.69) is 24.4 Å². The number of nitrogens with one attached hydrogen (secondary N) is 1. The predicted octanol–water partition coefficient (Wildman–Crippen LogP) is 4.63. The summed E-state index contributed by atoms with van der Waals surface area (Å²) in [6, 6.07) is 8.06. The Kier molecular flexibility index (Phi) is 6.35. The minimum absolute atomic E-state index is 0.0394. The summed E-state index contributed by atoms with van der Waals surface area (Å²) >= 11 is 0. The molecule has 0 saturated heterocycles. The molecular weight excluding hydrogens is 251 g/mol. The molecular formula is C15H22F3N. The highest BCUT2D eigenvalue weighted by Gasteiger charge is 2.26. The van der Waals surface area contributed by atoms with E-state index < -0.39 is 12.6 Å². The summed E-state index contributed by atoms with van der Waals surface area (Å²) in [6.45, 7) is 4.00. The second-order valence-electron chi connectivity index (χ2n) is 4.89. The molecule has 0 heterocycles. The van der Waals surface area contributed by atoms with Crippen LogP contribution in [0.25, 0.3) is 0 Å². The Hall–Kier alpha value is -1.03. The largest absolute Gasteiger partial charge is 0.390 e.